The van der Waals surface area contributed by atoms with E-state index < -0.39 is 0 Å². The SMILES string of the molecule is CCOCc1nc(-c2cccc3ccsc23)cc(=O)[nH]1. The topological polar surface area (TPSA) is 55.0 Å². The predicted molar refractivity (Wildman–Crippen MR) is 81.0 cm³/mol. The molecule has 0 atom stereocenters. The zero-order valence-corrected chi connectivity index (χ0v) is 11.9. The Labute approximate surface area is 120 Å². The van der Waals surface area contributed by atoms with Crippen molar-refractivity contribution in [1.29, 1.82) is 0 Å². The van der Waals surface area contributed by atoms with E-state index in [1.165, 1.54) is 11.5 Å². The van der Waals surface area contributed by atoms with E-state index in [1.807, 2.05) is 24.4 Å². The molecule has 5 heteroatoms. The van der Waals surface area contributed by atoms with Crippen molar-refractivity contribution in [2.24, 2.45) is 0 Å². The Balaban J connectivity index is 2.11. The molecular weight excluding hydrogens is 272 g/mol. The number of aromatic nitrogens is 2. The van der Waals surface area contributed by atoms with Crippen LogP contribution in [0.15, 0.2) is 40.5 Å². The summed E-state index contributed by atoms with van der Waals surface area (Å²) in [4.78, 5) is 19.0. The number of hydrogen-bond acceptors (Lipinski definition) is 4. The van der Waals surface area contributed by atoms with Gasteiger partial charge in [-0.2, -0.15) is 0 Å². The molecule has 3 rings (SSSR count). The van der Waals surface area contributed by atoms with E-state index in [0.29, 0.717) is 24.7 Å². The third-order valence-electron chi connectivity index (χ3n) is 2.99. The molecule has 0 bridgehead atoms. The molecule has 0 spiro atoms. The summed E-state index contributed by atoms with van der Waals surface area (Å²) in [6.07, 6.45) is 0. The van der Waals surface area contributed by atoms with Crippen LogP contribution in [0.25, 0.3) is 21.3 Å². The summed E-state index contributed by atoms with van der Waals surface area (Å²) in [5, 5.41) is 3.21. The largest absolute Gasteiger partial charge is 0.374 e. The van der Waals surface area contributed by atoms with Crippen molar-refractivity contribution in [3.63, 3.8) is 0 Å². The molecule has 0 amide bonds. The molecule has 0 saturated heterocycles. The maximum absolute atomic E-state index is 11.8. The molecule has 3 aromatic rings. The highest BCUT2D eigenvalue weighted by molar-refractivity contribution is 7.17. The van der Waals surface area contributed by atoms with Crippen LogP contribution in [-0.2, 0) is 11.3 Å². The van der Waals surface area contributed by atoms with Gasteiger partial charge in [-0.25, -0.2) is 4.98 Å². The number of benzene rings is 1. The lowest BCUT2D eigenvalue weighted by Gasteiger charge is -2.05. The van der Waals surface area contributed by atoms with E-state index in [2.05, 4.69) is 22.1 Å². The summed E-state index contributed by atoms with van der Waals surface area (Å²) >= 11 is 1.65. The van der Waals surface area contributed by atoms with Gasteiger partial charge in [-0.05, 0) is 23.8 Å². The molecule has 0 saturated carbocycles. The number of aromatic amines is 1. The molecule has 0 unspecified atom stereocenters. The zero-order valence-electron chi connectivity index (χ0n) is 11.1. The van der Waals surface area contributed by atoms with Crippen molar-refractivity contribution in [3.8, 4) is 11.3 Å². The quantitative estimate of drug-likeness (QED) is 0.801. The van der Waals surface area contributed by atoms with Crippen LogP contribution >= 0.6 is 11.3 Å². The number of rotatable bonds is 4. The van der Waals surface area contributed by atoms with Crippen LogP contribution in [0.4, 0.5) is 0 Å². The number of nitrogens with zero attached hydrogens (tertiary/aromatic N) is 1. The summed E-state index contributed by atoms with van der Waals surface area (Å²) in [6.45, 7) is 2.82. The first-order valence-electron chi connectivity index (χ1n) is 6.42. The first kappa shape index (κ1) is 13.0. The summed E-state index contributed by atoms with van der Waals surface area (Å²) in [5.41, 5.74) is 1.52. The molecule has 1 N–H and O–H groups in total. The lowest BCUT2D eigenvalue weighted by atomic mass is 10.1. The molecule has 20 heavy (non-hydrogen) atoms. The van der Waals surface area contributed by atoms with Crippen LogP contribution in [-0.4, -0.2) is 16.6 Å². The van der Waals surface area contributed by atoms with E-state index >= 15 is 0 Å². The first-order valence-corrected chi connectivity index (χ1v) is 7.30. The Morgan fingerprint density at radius 1 is 1.35 bits per heavy atom. The van der Waals surface area contributed by atoms with Crippen molar-refractivity contribution < 1.29 is 4.74 Å². The number of hydrogen-bond donors (Lipinski definition) is 1. The zero-order chi connectivity index (χ0) is 13.9. The standard InChI is InChI=1S/C15H14N2O2S/c1-2-19-9-13-16-12(8-14(18)17-13)11-5-3-4-10-6-7-20-15(10)11/h3-8H,2,9H2,1H3,(H,16,17,18). The number of ether oxygens (including phenoxy) is 1. The number of nitrogens with one attached hydrogen (secondary N) is 1. The Hall–Kier alpha value is -1.98. The fourth-order valence-corrected chi connectivity index (χ4v) is 3.03. The number of fused-ring (bicyclic) bond motifs is 1. The van der Waals surface area contributed by atoms with E-state index in [1.54, 1.807) is 11.3 Å². The van der Waals surface area contributed by atoms with Crippen molar-refractivity contribution in [1.82, 2.24) is 9.97 Å². The highest BCUT2D eigenvalue weighted by Crippen LogP contribution is 2.30. The van der Waals surface area contributed by atoms with Crippen LogP contribution in [0.3, 0.4) is 0 Å². The minimum atomic E-state index is -0.154. The Morgan fingerprint density at radius 3 is 3.10 bits per heavy atom. The average Bonchev–Trinajstić information content (AvgIpc) is 2.92. The van der Waals surface area contributed by atoms with Crippen molar-refractivity contribution >= 4 is 21.4 Å². The van der Waals surface area contributed by atoms with Crippen LogP contribution in [0.1, 0.15) is 12.7 Å². The van der Waals surface area contributed by atoms with Crippen molar-refractivity contribution in [2.45, 2.75) is 13.5 Å². The van der Waals surface area contributed by atoms with E-state index in [9.17, 15) is 4.79 Å². The minimum Gasteiger partial charge on any atom is -0.374 e. The van der Waals surface area contributed by atoms with E-state index in [4.69, 9.17) is 4.74 Å². The number of H-pyrrole nitrogens is 1. The summed E-state index contributed by atoms with van der Waals surface area (Å²) in [5.74, 6) is 0.558. The molecule has 2 aromatic heterocycles. The first-order chi connectivity index (χ1) is 9.78. The van der Waals surface area contributed by atoms with Gasteiger partial charge < -0.3 is 9.72 Å². The fraction of sp³-hybridized carbons (Fsp3) is 0.200. The molecule has 0 aliphatic heterocycles. The summed E-state index contributed by atoms with van der Waals surface area (Å²) in [6, 6.07) is 9.63. The molecule has 0 aliphatic rings. The highest BCUT2D eigenvalue weighted by Gasteiger charge is 2.08. The molecule has 4 nitrogen and oxygen atoms in total. The van der Waals surface area contributed by atoms with Crippen LogP contribution in [0.2, 0.25) is 0 Å². The van der Waals surface area contributed by atoms with Gasteiger partial charge in [0.15, 0.2) is 0 Å². The van der Waals surface area contributed by atoms with Gasteiger partial charge in [0.05, 0.1) is 5.69 Å². The lowest BCUT2D eigenvalue weighted by molar-refractivity contribution is 0.128. The third-order valence-corrected chi connectivity index (χ3v) is 3.95. The van der Waals surface area contributed by atoms with Gasteiger partial charge in [0.1, 0.15) is 12.4 Å². The third kappa shape index (κ3) is 2.50. The second kappa shape index (κ2) is 5.56. The molecule has 0 radical (unpaired) electrons. The Kier molecular flexibility index (Phi) is 3.62. The van der Waals surface area contributed by atoms with Gasteiger partial charge in [0.2, 0.25) is 0 Å². The minimum absolute atomic E-state index is 0.154. The second-order valence-electron chi connectivity index (χ2n) is 4.36. The molecular formula is C15H14N2O2S. The summed E-state index contributed by atoms with van der Waals surface area (Å²) < 4.78 is 6.45. The fourth-order valence-electron chi connectivity index (χ4n) is 2.11. The average molecular weight is 286 g/mol. The monoisotopic (exact) mass is 286 g/mol. The predicted octanol–water partition coefficient (Wildman–Crippen LogP) is 3.19. The molecule has 1 aromatic carbocycles. The van der Waals surface area contributed by atoms with E-state index in [-0.39, 0.29) is 5.56 Å². The Bertz CT molecular complexity index is 792. The van der Waals surface area contributed by atoms with Crippen molar-refractivity contribution in [3.05, 3.63) is 51.9 Å². The van der Waals surface area contributed by atoms with Gasteiger partial charge in [-0.15, -0.1) is 11.3 Å². The van der Waals surface area contributed by atoms with Crippen LogP contribution in [0, 0.1) is 0 Å². The van der Waals surface area contributed by atoms with Gasteiger partial charge in [0.25, 0.3) is 5.56 Å². The Morgan fingerprint density at radius 2 is 2.25 bits per heavy atom. The molecule has 0 fully saturated rings. The maximum Gasteiger partial charge on any atom is 0.251 e. The van der Waals surface area contributed by atoms with E-state index in [0.717, 1.165) is 10.3 Å². The molecule has 102 valence electrons. The smallest absolute Gasteiger partial charge is 0.251 e. The van der Waals surface area contributed by atoms with Crippen LogP contribution < -0.4 is 5.56 Å². The summed E-state index contributed by atoms with van der Waals surface area (Å²) in [7, 11) is 0. The highest BCUT2D eigenvalue weighted by atomic mass is 32.1. The van der Waals surface area contributed by atoms with Gasteiger partial charge in [0, 0.05) is 22.9 Å². The maximum atomic E-state index is 11.8. The van der Waals surface area contributed by atoms with Gasteiger partial charge in [-0.3, -0.25) is 4.79 Å². The normalized spacial score (nSPS) is 11.1. The molecule has 0 aliphatic carbocycles. The van der Waals surface area contributed by atoms with Crippen molar-refractivity contribution in [2.75, 3.05) is 6.61 Å². The van der Waals surface area contributed by atoms with Gasteiger partial charge >= 0.3 is 0 Å². The van der Waals surface area contributed by atoms with Crippen LogP contribution in [0.5, 0.6) is 0 Å². The lowest BCUT2D eigenvalue weighted by Crippen LogP contribution is -2.12. The van der Waals surface area contributed by atoms with Gasteiger partial charge in [-0.1, -0.05) is 18.2 Å². The second-order valence-corrected chi connectivity index (χ2v) is 5.28. The number of thiophene rings is 1. The molecule has 2 heterocycles.